The molecule has 2 aromatic heterocycles. The fraction of sp³-hybridized carbons (Fsp3) is 0.476. The van der Waals surface area contributed by atoms with Gasteiger partial charge in [0.25, 0.3) is 5.56 Å². The van der Waals surface area contributed by atoms with Crippen molar-refractivity contribution in [1.82, 2.24) is 19.1 Å². The summed E-state index contributed by atoms with van der Waals surface area (Å²) in [4.78, 5) is 33.8. The third-order valence-electron chi connectivity index (χ3n) is 5.53. The number of aryl methyl sites for hydroxylation is 1. The number of benzene rings is 1. The van der Waals surface area contributed by atoms with Crippen molar-refractivity contribution in [2.45, 2.75) is 38.3 Å². The van der Waals surface area contributed by atoms with Gasteiger partial charge < -0.3 is 19.3 Å². The molecule has 9 nitrogen and oxygen atoms in total. The van der Waals surface area contributed by atoms with Gasteiger partial charge >= 0.3 is 5.69 Å². The van der Waals surface area contributed by atoms with Gasteiger partial charge in [-0.2, -0.15) is 4.98 Å². The van der Waals surface area contributed by atoms with Crippen LogP contribution in [0.5, 0.6) is 5.75 Å². The number of hydrogen-bond donors (Lipinski definition) is 2. The molecule has 10 heteroatoms. The molecule has 0 amide bonds. The molecular formula is C21H26ClN5O4. The summed E-state index contributed by atoms with van der Waals surface area (Å²) in [5.74, 6) is 1.18. The van der Waals surface area contributed by atoms with Crippen molar-refractivity contribution in [3.8, 4) is 5.75 Å². The molecule has 3 aromatic rings. The Bertz CT molecular complexity index is 1160. The second kappa shape index (κ2) is 9.15. The van der Waals surface area contributed by atoms with E-state index in [1.165, 1.54) is 4.57 Å². The summed E-state index contributed by atoms with van der Waals surface area (Å²) in [6, 6.07) is 6.88. The average molecular weight is 448 g/mol. The van der Waals surface area contributed by atoms with Gasteiger partial charge in [0.15, 0.2) is 11.2 Å². The lowest BCUT2D eigenvalue weighted by Crippen LogP contribution is -2.32. The number of aromatic amines is 1. The molecule has 0 radical (unpaired) electrons. The Labute approximate surface area is 183 Å². The minimum atomic E-state index is -0.893. The SMILES string of the molecule is Cn1c(=O)[nH]c(=O)c2c1nc(N1CCCCCC1)n2C[C@@H](O)COc1ccc(Cl)cc1. The van der Waals surface area contributed by atoms with Gasteiger partial charge in [0.1, 0.15) is 18.5 Å². The van der Waals surface area contributed by atoms with E-state index in [0.29, 0.717) is 22.4 Å². The molecule has 0 saturated carbocycles. The normalized spacial score (nSPS) is 15.8. The highest BCUT2D eigenvalue weighted by molar-refractivity contribution is 6.30. The number of imidazole rings is 1. The Kier molecular flexibility index (Phi) is 6.33. The third kappa shape index (κ3) is 4.62. The number of halogens is 1. The molecule has 166 valence electrons. The van der Waals surface area contributed by atoms with Crippen LogP contribution in [0.1, 0.15) is 25.7 Å². The number of aromatic nitrogens is 4. The summed E-state index contributed by atoms with van der Waals surface area (Å²) in [6.07, 6.45) is 3.46. The summed E-state index contributed by atoms with van der Waals surface area (Å²) in [5, 5.41) is 11.3. The molecule has 3 heterocycles. The van der Waals surface area contributed by atoms with E-state index in [1.54, 1.807) is 35.9 Å². The largest absolute Gasteiger partial charge is 0.491 e. The summed E-state index contributed by atoms with van der Waals surface area (Å²) >= 11 is 5.89. The van der Waals surface area contributed by atoms with Gasteiger partial charge in [0.05, 0.1) is 6.54 Å². The van der Waals surface area contributed by atoms with Crippen LogP contribution in [0.3, 0.4) is 0 Å². The zero-order chi connectivity index (χ0) is 22.0. The van der Waals surface area contributed by atoms with Gasteiger partial charge in [0, 0.05) is 25.2 Å². The Hall–Kier alpha value is -2.78. The summed E-state index contributed by atoms with van der Waals surface area (Å²) < 4.78 is 8.69. The maximum absolute atomic E-state index is 12.7. The zero-order valence-corrected chi connectivity index (χ0v) is 18.1. The standard InChI is InChI=1S/C21H26ClN5O4/c1-25-18-17(19(29)24-21(25)30)27(20(23-18)26-10-4-2-3-5-11-26)12-15(28)13-31-16-8-6-14(22)7-9-16/h6-9,15,28H,2-5,10-13H2,1H3,(H,24,29,30)/t15-/m1/s1. The molecule has 4 rings (SSSR count). The van der Waals surface area contributed by atoms with Crippen molar-refractivity contribution >= 4 is 28.7 Å². The van der Waals surface area contributed by atoms with E-state index >= 15 is 0 Å². The maximum atomic E-state index is 12.7. The molecule has 1 aromatic carbocycles. The minimum Gasteiger partial charge on any atom is -0.491 e. The van der Waals surface area contributed by atoms with Gasteiger partial charge in [-0.25, -0.2) is 4.79 Å². The smallest absolute Gasteiger partial charge is 0.329 e. The quantitative estimate of drug-likeness (QED) is 0.598. The molecule has 1 fully saturated rings. The first-order chi connectivity index (χ1) is 14.9. The third-order valence-corrected chi connectivity index (χ3v) is 5.78. The van der Waals surface area contributed by atoms with Crippen molar-refractivity contribution in [2.75, 3.05) is 24.6 Å². The molecule has 0 spiro atoms. The lowest BCUT2D eigenvalue weighted by atomic mass is 10.2. The maximum Gasteiger partial charge on any atom is 0.329 e. The highest BCUT2D eigenvalue weighted by atomic mass is 35.5. The van der Waals surface area contributed by atoms with E-state index in [9.17, 15) is 14.7 Å². The molecule has 0 aliphatic carbocycles. The number of nitrogens with one attached hydrogen (secondary N) is 1. The second-order valence-corrected chi connectivity index (χ2v) is 8.27. The highest BCUT2D eigenvalue weighted by Crippen LogP contribution is 2.23. The molecular weight excluding hydrogens is 422 g/mol. The first kappa shape index (κ1) is 21.5. The lowest BCUT2D eigenvalue weighted by molar-refractivity contribution is 0.0936. The average Bonchev–Trinajstić information content (AvgIpc) is 2.93. The molecule has 1 atom stereocenters. The summed E-state index contributed by atoms with van der Waals surface area (Å²) in [5.41, 5.74) is -0.459. The number of aliphatic hydroxyl groups excluding tert-OH is 1. The predicted octanol–water partition coefficient (Wildman–Crippen LogP) is 1.90. The van der Waals surface area contributed by atoms with Crippen LogP contribution >= 0.6 is 11.6 Å². The Morgan fingerprint density at radius 3 is 2.52 bits per heavy atom. The number of nitrogens with zero attached hydrogens (tertiary/aromatic N) is 4. The molecule has 1 aliphatic rings. The monoisotopic (exact) mass is 447 g/mol. The molecule has 0 unspecified atom stereocenters. The zero-order valence-electron chi connectivity index (χ0n) is 17.4. The summed E-state index contributed by atoms with van der Waals surface area (Å²) in [6.45, 7) is 1.76. The fourth-order valence-corrected chi connectivity index (χ4v) is 4.02. The number of hydrogen-bond acceptors (Lipinski definition) is 6. The van der Waals surface area contributed by atoms with E-state index < -0.39 is 17.4 Å². The van der Waals surface area contributed by atoms with Gasteiger partial charge in [-0.15, -0.1) is 0 Å². The van der Waals surface area contributed by atoms with Gasteiger partial charge in [-0.1, -0.05) is 24.4 Å². The van der Waals surface area contributed by atoms with Crippen LogP contribution < -0.4 is 20.9 Å². The van der Waals surface area contributed by atoms with E-state index in [1.807, 2.05) is 0 Å². The molecule has 1 aliphatic heterocycles. The Morgan fingerprint density at radius 2 is 1.84 bits per heavy atom. The highest BCUT2D eigenvalue weighted by Gasteiger charge is 2.24. The van der Waals surface area contributed by atoms with Crippen LogP contribution in [0.4, 0.5) is 5.95 Å². The van der Waals surface area contributed by atoms with E-state index in [-0.39, 0.29) is 18.7 Å². The second-order valence-electron chi connectivity index (χ2n) is 7.83. The first-order valence-electron chi connectivity index (χ1n) is 10.4. The molecule has 1 saturated heterocycles. The van der Waals surface area contributed by atoms with Crippen molar-refractivity contribution < 1.29 is 9.84 Å². The van der Waals surface area contributed by atoms with Crippen molar-refractivity contribution in [3.05, 3.63) is 50.1 Å². The predicted molar refractivity (Wildman–Crippen MR) is 119 cm³/mol. The van der Waals surface area contributed by atoms with Gasteiger partial charge in [-0.05, 0) is 37.1 Å². The topological polar surface area (TPSA) is 105 Å². The van der Waals surface area contributed by atoms with Gasteiger partial charge in [-0.3, -0.25) is 14.3 Å². The van der Waals surface area contributed by atoms with Crippen LogP contribution in [0.15, 0.2) is 33.9 Å². The molecule has 31 heavy (non-hydrogen) atoms. The first-order valence-corrected chi connectivity index (χ1v) is 10.8. The van der Waals surface area contributed by atoms with Crippen molar-refractivity contribution in [3.63, 3.8) is 0 Å². The lowest BCUT2D eigenvalue weighted by Gasteiger charge is -2.23. The van der Waals surface area contributed by atoms with Crippen LogP contribution in [-0.4, -0.2) is 50.0 Å². The number of anilines is 1. The van der Waals surface area contributed by atoms with E-state index in [0.717, 1.165) is 38.8 Å². The Morgan fingerprint density at radius 1 is 1.16 bits per heavy atom. The van der Waals surface area contributed by atoms with Crippen molar-refractivity contribution in [2.24, 2.45) is 7.05 Å². The number of H-pyrrole nitrogens is 1. The minimum absolute atomic E-state index is 0.0322. The fourth-order valence-electron chi connectivity index (χ4n) is 3.89. The van der Waals surface area contributed by atoms with Crippen LogP contribution in [0, 0.1) is 0 Å². The summed E-state index contributed by atoms with van der Waals surface area (Å²) in [7, 11) is 1.57. The Balaban J connectivity index is 1.66. The van der Waals surface area contributed by atoms with Crippen LogP contribution in [0.25, 0.3) is 11.2 Å². The van der Waals surface area contributed by atoms with Crippen LogP contribution in [0.2, 0.25) is 5.02 Å². The molecule has 0 bridgehead atoms. The number of aliphatic hydroxyl groups is 1. The van der Waals surface area contributed by atoms with Crippen molar-refractivity contribution in [1.29, 1.82) is 0 Å². The van der Waals surface area contributed by atoms with E-state index in [2.05, 4.69) is 14.9 Å². The number of fused-ring (bicyclic) bond motifs is 1. The molecule has 2 N–H and O–H groups in total. The van der Waals surface area contributed by atoms with Gasteiger partial charge in [0.2, 0.25) is 5.95 Å². The number of rotatable bonds is 6. The number of ether oxygens (including phenoxy) is 1. The van der Waals surface area contributed by atoms with Crippen LogP contribution in [-0.2, 0) is 13.6 Å². The van der Waals surface area contributed by atoms with E-state index in [4.69, 9.17) is 16.3 Å².